The largest absolute Gasteiger partial charge is 0.465 e. The van der Waals surface area contributed by atoms with Crippen molar-refractivity contribution in [3.63, 3.8) is 0 Å². The van der Waals surface area contributed by atoms with Gasteiger partial charge in [-0.3, -0.25) is 0 Å². The molecule has 0 radical (unpaired) electrons. The fourth-order valence-corrected chi connectivity index (χ4v) is 5.21. The van der Waals surface area contributed by atoms with E-state index in [0.717, 1.165) is 61.1 Å². The number of esters is 1. The molecule has 160 valence electrons. The fraction of sp³-hybridized carbons (Fsp3) is 0.476. The molecule has 4 heterocycles. The van der Waals surface area contributed by atoms with Crippen LogP contribution in [0.15, 0.2) is 28.1 Å². The van der Waals surface area contributed by atoms with E-state index >= 15 is 0 Å². The molecule has 2 N–H and O–H groups in total. The fourth-order valence-electron chi connectivity index (χ4n) is 4.05. The van der Waals surface area contributed by atoms with Crippen LogP contribution in [-0.2, 0) is 9.47 Å². The number of anilines is 2. The maximum Gasteiger partial charge on any atom is 0.341 e. The van der Waals surface area contributed by atoms with Crippen LogP contribution < -0.4 is 10.6 Å². The number of hydrogen-bond acceptors (Lipinski definition) is 8. The highest BCUT2D eigenvalue weighted by Crippen LogP contribution is 2.42. The minimum absolute atomic E-state index is 0.273. The molecule has 0 bridgehead atoms. The molecule has 2 aliphatic rings. The first-order valence-electron chi connectivity index (χ1n) is 9.93. The SMILES string of the molecule is COC(=O)c1cc(Sc2ccnc(N)c2Cl)c(C)nc1N1CCC2(CCOC2)CC1. The average Bonchev–Trinajstić information content (AvgIpc) is 3.20. The van der Waals surface area contributed by atoms with Crippen molar-refractivity contribution in [2.75, 3.05) is 44.0 Å². The van der Waals surface area contributed by atoms with Crippen molar-refractivity contribution in [3.05, 3.63) is 34.6 Å². The van der Waals surface area contributed by atoms with Gasteiger partial charge in [0, 0.05) is 35.7 Å². The van der Waals surface area contributed by atoms with Crippen LogP contribution in [0, 0.1) is 12.3 Å². The highest BCUT2D eigenvalue weighted by molar-refractivity contribution is 7.99. The van der Waals surface area contributed by atoms with Crippen LogP contribution in [0.3, 0.4) is 0 Å². The summed E-state index contributed by atoms with van der Waals surface area (Å²) in [4.78, 5) is 25.2. The first-order valence-corrected chi connectivity index (χ1v) is 11.1. The quantitative estimate of drug-likeness (QED) is 0.702. The summed E-state index contributed by atoms with van der Waals surface area (Å²) in [5.41, 5.74) is 7.38. The molecule has 2 aromatic heterocycles. The van der Waals surface area contributed by atoms with Gasteiger partial charge in [0.1, 0.15) is 17.2 Å². The Bertz CT molecular complexity index is 956. The summed E-state index contributed by atoms with van der Waals surface area (Å²) in [5.74, 6) is 0.553. The lowest BCUT2D eigenvalue weighted by Gasteiger charge is -2.39. The number of carbonyl (C=O) groups excluding carboxylic acids is 1. The van der Waals surface area contributed by atoms with Crippen LogP contribution in [0.1, 0.15) is 35.3 Å². The van der Waals surface area contributed by atoms with E-state index in [9.17, 15) is 4.79 Å². The summed E-state index contributed by atoms with van der Waals surface area (Å²) in [7, 11) is 1.39. The van der Waals surface area contributed by atoms with E-state index in [2.05, 4.69) is 9.88 Å². The van der Waals surface area contributed by atoms with Crippen LogP contribution in [0.4, 0.5) is 11.6 Å². The molecule has 1 spiro atoms. The normalized spacial score (nSPS) is 18.0. The van der Waals surface area contributed by atoms with Crippen molar-refractivity contribution in [2.45, 2.75) is 36.0 Å². The van der Waals surface area contributed by atoms with E-state index < -0.39 is 5.97 Å². The molecule has 9 heteroatoms. The molecule has 4 rings (SSSR count). The number of ether oxygens (including phenoxy) is 2. The number of rotatable bonds is 4. The minimum Gasteiger partial charge on any atom is -0.465 e. The Morgan fingerprint density at radius 1 is 1.33 bits per heavy atom. The van der Waals surface area contributed by atoms with E-state index in [0.29, 0.717) is 16.4 Å². The zero-order valence-electron chi connectivity index (χ0n) is 17.1. The van der Waals surface area contributed by atoms with Gasteiger partial charge >= 0.3 is 5.97 Å². The van der Waals surface area contributed by atoms with Crippen LogP contribution in [0.2, 0.25) is 5.02 Å². The average molecular weight is 449 g/mol. The number of piperidine rings is 1. The summed E-state index contributed by atoms with van der Waals surface area (Å²) in [6.45, 7) is 5.31. The third kappa shape index (κ3) is 4.08. The van der Waals surface area contributed by atoms with E-state index in [-0.39, 0.29) is 11.2 Å². The lowest BCUT2D eigenvalue weighted by atomic mass is 9.78. The Kier molecular flexibility index (Phi) is 6.09. The zero-order chi connectivity index (χ0) is 21.3. The van der Waals surface area contributed by atoms with Crippen molar-refractivity contribution >= 4 is 41.0 Å². The maximum absolute atomic E-state index is 12.6. The summed E-state index contributed by atoms with van der Waals surface area (Å²) >= 11 is 7.71. The van der Waals surface area contributed by atoms with Gasteiger partial charge in [-0.2, -0.15) is 0 Å². The molecular weight excluding hydrogens is 424 g/mol. The van der Waals surface area contributed by atoms with Gasteiger partial charge in [0.25, 0.3) is 0 Å². The van der Waals surface area contributed by atoms with Crippen molar-refractivity contribution in [1.29, 1.82) is 0 Å². The van der Waals surface area contributed by atoms with Gasteiger partial charge in [-0.05, 0) is 43.7 Å². The van der Waals surface area contributed by atoms with E-state index in [1.54, 1.807) is 12.3 Å². The maximum atomic E-state index is 12.6. The molecule has 0 saturated carbocycles. The number of nitrogens with zero attached hydrogens (tertiary/aromatic N) is 3. The summed E-state index contributed by atoms with van der Waals surface area (Å²) < 4.78 is 10.7. The Balaban J connectivity index is 1.64. The summed E-state index contributed by atoms with van der Waals surface area (Å²) in [6.07, 6.45) is 4.80. The molecule has 7 nitrogen and oxygen atoms in total. The van der Waals surface area contributed by atoms with Crippen molar-refractivity contribution in [2.24, 2.45) is 5.41 Å². The van der Waals surface area contributed by atoms with E-state index in [4.69, 9.17) is 31.8 Å². The molecule has 2 aromatic rings. The molecule has 0 aliphatic carbocycles. The summed E-state index contributed by atoms with van der Waals surface area (Å²) in [5, 5.41) is 0.394. The molecule has 0 amide bonds. The second-order valence-corrected chi connectivity index (χ2v) is 9.30. The number of hydrogen-bond donors (Lipinski definition) is 1. The van der Waals surface area contributed by atoms with Crippen LogP contribution in [0.5, 0.6) is 0 Å². The third-order valence-corrected chi connectivity index (χ3v) is 7.66. The number of aryl methyl sites for hydroxylation is 1. The van der Waals surface area contributed by atoms with E-state index in [1.807, 2.05) is 13.0 Å². The van der Waals surface area contributed by atoms with Gasteiger partial charge in [-0.15, -0.1) is 0 Å². The van der Waals surface area contributed by atoms with E-state index in [1.165, 1.54) is 18.9 Å². The number of nitrogen functional groups attached to an aromatic ring is 1. The smallest absolute Gasteiger partial charge is 0.341 e. The summed E-state index contributed by atoms with van der Waals surface area (Å²) in [6, 6.07) is 3.63. The van der Waals surface area contributed by atoms with Gasteiger partial charge in [0.15, 0.2) is 0 Å². The van der Waals surface area contributed by atoms with Crippen LogP contribution >= 0.6 is 23.4 Å². The monoisotopic (exact) mass is 448 g/mol. The van der Waals surface area contributed by atoms with Gasteiger partial charge < -0.3 is 20.1 Å². The Morgan fingerprint density at radius 3 is 2.77 bits per heavy atom. The number of halogens is 1. The molecule has 0 atom stereocenters. The van der Waals surface area contributed by atoms with Crippen molar-refractivity contribution in [1.82, 2.24) is 9.97 Å². The number of carbonyl (C=O) groups is 1. The second-order valence-electron chi connectivity index (χ2n) is 7.83. The van der Waals surface area contributed by atoms with Gasteiger partial charge in [-0.1, -0.05) is 23.4 Å². The molecule has 2 aliphatic heterocycles. The predicted molar refractivity (Wildman–Crippen MR) is 117 cm³/mol. The number of methoxy groups -OCH3 is 1. The molecule has 2 fully saturated rings. The molecule has 2 saturated heterocycles. The zero-order valence-corrected chi connectivity index (χ0v) is 18.7. The highest BCUT2D eigenvalue weighted by atomic mass is 35.5. The minimum atomic E-state index is -0.399. The molecule has 0 aromatic carbocycles. The lowest BCUT2D eigenvalue weighted by molar-refractivity contribution is 0.0600. The first kappa shape index (κ1) is 21.2. The molecular formula is C21H25ClN4O3S. The van der Waals surface area contributed by atoms with Gasteiger partial charge in [0.2, 0.25) is 0 Å². The number of nitrogens with two attached hydrogens (primary N) is 1. The number of aromatic nitrogens is 2. The number of pyridine rings is 2. The highest BCUT2D eigenvalue weighted by Gasteiger charge is 2.39. The first-order chi connectivity index (χ1) is 14.4. The predicted octanol–water partition coefficient (Wildman–Crippen LogP) is 3.97. The molecule has 0 unspecified atom stereocenters. The van der Waals surface area contributed by atoms with Gasteiger partial charge in [0.05, 0.1) is 24.4 Å². The van der Waals surface area contributed by atoms with Crippen molar-refractivity contribution < 1.29 is 14.3 Å². The van der Waals surface area contributed by atoms with Gasteiger partial charge in [-0.25, -0.2) is 14.8 Å². The van der Waals surface area contributed by atoms with Crippen LogP contribution in [0.25, 0.3) is 0 Å². The Hall–Kier alpha value is -2.03. The van der Waals surface area contributed by atoms with Crippen molar-refractivity contribution in [3.8, 4) is 0 Å². The Morgan fingerprint density at radius 2 is 2.10 bits per heavy atom. The second kappa shape index (κ2) is 8.61. The third-order valence-electron chi connectivity index (χ3n) is 5.96. The lowest BCUT2D eigenvalue weighted by Crippen LogP contribution is -2.41. The topological polar surface area (TPSA) is 90.6 Å². The molecule has 30 heavy (non-hydrogen) atoms. The Labute approximate surface area is 185 Å². The standard InChI is InChI=1S/C21H25ClN4O3S/c1-13-16(30-15-3-7-24-18(23)17(15)22)11-14(20(27)28-2)19(25-13)26-8-4-21(5-9-26)6-10-29-12-21/h3,7,11H,4-6,8-10,12H2,1-2H3,(H2,23,24). The van der Waals surface area contributed by atoms with Crippen LogP contribution in [-0.4, -0.2) is 49.4 Å².